The third-order valence-electron chi connectivity index (χ3n) is 2.87. The highest BCUT2D eigenvalue weighted by Crippen LogP contribution is 2.29. The Labute approximate surface area is 116 Å². The molecule has 0 saturated carbocycles. The van der Waals surface area contributed by atoms with Gasteiger partial charge in [0.05, 0.1) is 0 Å². The maximum atomic E-state index is 8.84. The van der Waals surface area contributed by atoms with E-state index in [0.717, 1.165) is 19.5 Å². The molecule has 0 fully saturated rings. The van der Waals surface area contributed by atoms with Crippen molar-refractivity contribution < 1.29 is 5.11 Å². The lowest BCUT2D eigenvalue weighted by molar-refractivity contribution is 0.260. The van der Waals surface area contributed by atoms with Gasteiger partial charge in [-0.25, -0.2) is 0 Å². The summed E-state index contributed by atoms with van der Waals surface area (Å²) in [5, 5.41) is 16.6. The van der Waals surface area contributed by atoms with Crippen LogP contribution in [0.2, 0.25) is 0 Å². The van der Waals surface area contributed by atoms with Gasteiger partial charge in [0.15, 0.2) is 0 Å². The number of aliphatic hydroxyl groups excluding tert-OH is 1. The van der Waals surface area contributed by atoms with Crippen LogP contribution in [0.3, 0.4) is 0 Å². The molecule has 2 N–H and O–H groups in total. The Kier molecular flexibility index (Phi) is 5.38. The van der Waals surface area contributed by atoms with E-state index in [2.05, 4.69) is 41.2 Å². The summed E-state index contributed by atoms with van der Waals surface area (Å²) in [5.41, 5.74) is 1.33. The largest absolute Gasteiger partial charge is 0.396 e. The van der Waals surface area contributed by atoms with Gasteiger partial charge in [-0.1, -0.05) is 13.0 Å². The molecule has 2 aromatic heterocycles. The third-order valence-corrected chi connectivity index (χ3v) is 4.73. The van der Waals surface area contributed by atoms with Crippen molar-refractivity contribution in [2.45, 2.75) is 19.9 Å². The summed E-state index contributed by atoms with van der Waals surface area (Å²) < 4.78 is 0. The summed E-state index contributed by atoms with van der Waals surface area (Å²) in [6.07, 6.45) is 0.873. The predicted octanol–water partition coefficient (Wildman–Crippen LogP) is 3.58. The molecule has 98 valence electrons. The van der Waals surface area contributed by atoms with Crippen LogP contribution in [0.4, 0.5) is 0 Å². The summed E-state index contributed by atoms with van der Waals surface area (Å²) >= 11 is 3.59. The number of hydrogen-bond acceptors (Lipinski definition) is 4. The Morgan fingerprint density at radius 1 is 1.39 bits per heavy atom. The second-order valence-electron chi connectivity index (χ2n) is 4.53. The highest BCUT2D eigenvalue weighted by atomic mass is 32.1. The van der Waals surface area contributed by atoms with E-state index in [1.165, 1.54) is 15.3 Å². The Balaban J connectivity index is 1.81. The van der Waals surface area contributed by atoms with Crippen molar-refractivity contribution in [2.75, 3.05) is 13.2 Å². The van der Waals surface area contributed by atoms with E-state index < -0.39 is 0 Å². The van der Waals surface area contributed by atoms with E-state index in [4.69, 9.17) is 5.11 Å². The lowest BCUT2D eigenvalue weighted by Gasteiger charge is -2.09. The smallest absolute Gasteiger partial charge is 0.0434 e. The molecular formula is C14H19NOS2. The molecule has 0 saturated heterocycles. The maximum absolute atomic E-state index is 8.84. The van der Waals surface area contributed by atoms with Crippen molar-refractivity contribution in [3.63, 3.8) is 0 Å². The molecule has 0 aromatic carbocycles. The van der Waals surface area contributed by atoms with Crippen molar-refractivity contribution in [3.8, 4) is 10.4 Å². The summed E-state index contributed by atoms with van der Waals surface area (Å²) in [6, 6.07) is 6.51. The molecule has 0 aliphatic rings. The normalized spacial score (nSPS) is 12.8. The van der Waals surface area contributed by atoms with Gasteiger partial charge in [-0.05, 0) is 41.8 Å². The minimum Gasteiger partial charge on any atom is -0.396 e. The highest BCUT2D eigenvalue weighted by Gasteiger charge is 2.04. The molecule has 0 spiro atoms. The van der Waals surface area contributed by atoms with Gasteiger partial charge in [-0.3, -0.25) is 0 Å². The molecule has 1 unspecified atom stereocenters. The SMILES string of the molecule is CC(CCO)CNCc1cc(-c2cccs2)cs1. The van der Waals surface area contributed by atoms with Crippen LogP contribution in [0.5, 0.6) is 0 Å². The standard InChI is InChI=1S/C14H19NOS2/c1-11(4-5-16)8-15-9-13-7-12(10-18-13)14-3-2-6-17-14/h2-3,6-7,10-11,15-16H,4-5,8-9H2,1H3. The Bertz CT molecular complexity index is 450. The number of hydrogen-bond donors (Lipinski definition) is 2. The molecule has 0 aliphatic heterocycles. The first-order chi connectivity index (χ1) is 8.79. The summed E-state index contributed by atoms with van der Waals surface area (Å²) in [6.45, 7) is 4.33. The minimum absolute atomic E-state index is 0.282. The fourth-order valence-electron chi connectivity index (χ4n) is 1.81. The fraction of sp³-hybridized carbons (Fsp3) is 0.429. The zero-order valence-corrected chi connectivity index (χ0v) is 12.2. The summed E-state index contributed by atoms with van der Waals surface area (Å²) in [5.74, 6) is 0.534. The first-order valence-electron chi connectivity index (χ1n) is 6.22. The van der Waals surface area contributed by atoms with Crippen LogP contribution in [0, 0.1) is 5.92 Å². The van der Waals surface area contributed by atoms with Gasteiger partial charge in [0.25, 0.3) is 0 Å². The number of thiophene rings is 2. The Morgan fingerprint density at radius 2 is 2.28 bits per heavy atom. The monoisotopic (exact) mass is 281 g/mol. The van der Waals surface area contributed by atoms with E-state index in [9.17, 15) is 0 Å². The van der Waals surface area contributed by atoms with Gasteiger partial charge >= 0.3 is 0 Å². The van der Waals surface area contributed by atoms with E-state index in [1.54, 1.807) is 11.3 Å². The first kappa shape index (κ1) is 13.7. The molecule has 0 bridgehead atoms. The number of rotatable bonds is 7. The molecule has 18 heavy (non-hydrogen) atoms. The first-order valence-corrected chi connectivity index (χ1v) is 7.98. The highest BCUT2D eigenvalue weighted by molar-refractivity contribution is 7.14. The molecule has 2 heterocycles. The molecule has 1 atom stereocenters. The zero-order chi connectivity index (χ0) is 12.8. The number of aliphatic hydroxyl groups is 1. The molecule has 0 amide bonds. The van der Waals surface area contributed by atoms with Gasteiger partial charge in [0.2, 0.25) is 0 Å². The van der Waals surface area contributed by atoms with Gasteiger partial charge in [0.1, 0.15) is 0 Å². The van der Waals surface area contributed by atoms with Crippen LogP contribution in [0.15, 0.2) is 29.0 Å². The van der Waals surface area contributed by atoms with E-state index in [1.807, 2.05) is 11.3 Å². The van der Waals surface area contributed by atoms with Crippen LogP contribution < -0.4 is 5.32 Å². The van der Waals surface area contributed by atoms with Gasteiger partial charge < -0.3 is 10.4 Å². The maximum Gasteiger partial charge on any atom is 0.0434 e. The quantitative estimate of drug-likeness (QED) is 0.813. The summed E-state index contributed by atoms with van der Waals surface area (Å²) in [4.78, 5) is 2.71. The van der Waals surface area contributed by atoms with E-state index in [-0.39, 0.29) is 6.61 Å². The van der Waals surface area contributed by atoms with Crippen LogP contribution in [-0.4, -0.2) is 18.3 Å². The van der Waals surface area contributed by atoms with Crippen LogP contribution in [-0.2, 0) is 6.54 Å². The van der Waals surface area contributed by atoms with Gasteiger partial charge in [0, 0.05) is 28.5 Å². The van der Waals surface area contributed by atoms with Crippen LogP contribution in [0.1, 0.15) is 18.2 Å². The zero-order valence-electron chi connectivity index (χ0n) is 10.6. The van der Waals surface area contributed by atoms with Crippen molar-refractivity contribution in [3.05, 3.63) is 33.8 Å². The average Bonchev–Trinajstić information content (AvgIpc) is 2.99. The Morgan fingerprint density at radius 3 is 3.00 bits per heavy atom. The topological polar surface area (TPSA) is 32.3 Å². The Hall–Kier alpha value is -0.680. The fourth-order valence-corrected chi connectivity index (χ4v) is 3.45. The van der Waals surface area contributed by atoms with Crippen LogP contribution in [0.25, 0.3) is 10.4 Å². The lowest BCUT2D eigenvalue weighted by Crippen LogP contribution is -2.20. The molecule has 2 rings (SSSR count). The molecule has 2 aromatic rings. The van der Waals surface area contributed by atoms with E-state index >= 15 is 0 Å². The molecular weight excluding hydrogens is 262 g/mol. The second kappa shape index (κ2) is 7.04. The predicted molar refractivity (Wildman–Crippen MR) is 80.2 cm³/mol. The van der Waals surface area contributed by atoms with Gasteiger partial charge in [-0.2, -0.15) is 0 Å². The van der Waals surface area contributed by atoms with Crippen molar-refractivity contribution >= 4 is 22.7 Å². The lowest BCUT2D eigenvalue weighted by atomic mass is 10.1. The molecule has 0 aliphatic carbocycles. The molecule has 4 heteroatoms. The van der Waals surface area contributed by atoms with Gasteiger partial charge in [-0.15, -0.1) is 22.7 Å². The minimum atomic E-state index is 0.282. The summed E-state index contributed by atoms with van der Waals surface area (Å²) in [7, 11) is 0. The van der Waals surface area contributed by atoms with Crippen molar-refractivity contribution in [1.29, 1.82) is 0 Å². The number of nitrogens with one attached hydrogen (secondary N) is 1. The average molecular weight is 281 g/mol. The molecule has 2 nitrogen and oxygen atoms in total. The molecule has 0 radical (unpaired) electrons. The second-order valence-corrected chi connectivity index (χ2v) is 6.47. The van der Waals surface area contributed by atoms with Crippen LogP contribution >= 0.6 is 22.7 Å². The van der Waals surface area contributed by atoms with Crippen molar-refractivity contribution in [1.82, 2.24) is 5.32 Å². The third kappa shape index (κ3) is 3.92. The van der Waals surface area contributed by atoms with E-state index in [0.29, 0.717) is 5.92 Å². The van der Waals surface area contributed by atoms with Crippen molar-refractivity contribution in [2.24, 2.45) is 5.92 Å².